The third-order valence-electron chi connectivity index (χ3n) is 5.81. The van der Waals surface area contributed by atoms with E-state index in [4.69, 9.17) is 11.6 Å². The minimum Gasteiger partial charge on any atom is -0.341 e. The molecule has 0 bridgehead atoms. The molecule has 148 valence electrons. The highest BCUT2D eigenvalue weighted by Gasteiger charge is 2.41. The summed E-state index contributed by atoms with van der Waals surface area (Å²) in [7, 11) is 1.79. The molecule has 0 saturated carbocycles. The molecule has 28 heavy (non-hydrogen) atoms. The van der Waals surface area contributed by atoms with E-state index in [1.54, 1.807) is 18.0 Å². The van der Waals surface area contributed by atoms with E-state index in [0.29, 0.717) is 17.1 Å². The molecule has 2 aromatic rings. The van der Waals surface area contributed by atoms with Crippen LogP contribution in [0.5, 0.6) is 0 Å². The zero-order chi connectivity index (χ0) is 19.7. The number of rotatable bonds is 4. The van der Waals surface area contributed by atoms with Crippen LogP contribution < -0.4 is 5.32 Å². The van der Waals surface area contributed by atoms with Crippen LogP contribution in [0, 0.1) is 5.82 Å². The number of carbonyl (C=O) groups is 1. The third-order valence-corrected chi connectivity index (χ3v) is 6.03. The first-order chi connectivity index (χ1) is 13.5. The Hall–Kier alpha value is -1.95. The van der Waals surface area contributed by atoms with Gasteiger partial charge in [0, 0.05) is 50.8 Å². The molecule has 1 heterocycles. The van der Waals surface area contributed by atoms with Crippen LogP contribution in [0.2, 0.25) is 5.02 Å². The maximum atomic E-state index is 13.7. The van der Waals surface area contributed by atoms with E-state index in [-0.39, 0.29) is 23.7 Å². The SMILES string of the molecule is CN(Cc1cc(F)cc(Cl)c1)C(=O)C1c2ccccc2CC1N1CCNCC1. The number of hydrogen-bond donors (Lipinski definition) is 1. The number of nitrogens with zero attached hydrogens (tertiary/aromatic N) is 2. The van der Waals surface area contributed by atoms with E-state index in [1.807, 2.05) is 12.1 Å². The number of likely N-dealkylation sites (N-methyl/N-ethyl adjacent to an activating group) is 1. The van der Waals surface area contributed by atoms with Crippen molar-refractivity contribution < 1.29 is 9.18 Å². The number of amides is 1. The lowest BCUT2D eigenvalue weighted by Gasteiger charge is -2.36. The van der Waals surface area contributed by atoms with Crippen LogP contribution in [-0.4, -0.2) is 55.0 Å². The fraction of sp³-hybridized carbons (Fsp3) is 0.409. The van der Waals surface area contributed by atoms with Crippen molar-refractivity contribution in [1.82, 2.24) is 15.1 Å². The molecule has 1 fully saturated rings. The molecule has 1 N–H and O–H groups in total. The molecule has 2 aliphatic rings. The Morgan fingerprint density at radius 3 is 2.75 bits per heavy atom. The van der Waals surface area contributed by atoms with Crippen LogP contribution in [-0.2, 0) is 17.8 Å². The minimum atomic E-state index is -0.381. The number of fused-ring (bicyclic) bond motifs is 1. The quantitative estimate of drug-likeness (QED) is 0.855. The van der Waals surface area contributed by atoms with Gasteiger partial charge >= 0.3 is 0 Å². The number of benzene rings is 2. The van der Waals surface area contributed by atoms with Crippen LogP contribution in [0.25, 0.3) is 0 Å². The van der Waals surface area contributed by atoms with Gasteiger partial charge in [-0.15, -0.1) is 0 Å². The van der Waals surface area contributed by atoms with Crippen LogP contribution >= 0.6 is 11.6 Å². The predicted molar refractivity (Wildman–Crippen MR) is 109 cm³/mol. The normalized spacial score (nSPS) is 22.1. The van der Waals surface area contributed by atoms with Gasteiger partial charge in [0.1, 0.15) is 5.82 Å². The Labute approximate surface area is 170 Å². The maximum Gasteiger partial charge on any atom is 0.231 e. The number of carbonyl (C=O) groups excluding carboxylic acids is 1. The number of nitrogens with one attached hydrogen (secondary N) is 1. The molecule has 4 nitrogen and oxygen atoms in total. The van der Waals surface area contributed by atoms with Gasteiger partial charge in [0.2, 0.25) is 5.91 Å². The average Bonchev–Trinajstić information content (AvgIpc) is 3.06. The van der Waals surface area contributed by atoms with E-state index in [2.05, 4.69) is 22.3 Å². The van der Waals surface area contributed by atoms with Gasteiger partial charge in [-0.2, -0.15) is 0 Å². The summed E-state index contributed by atoms with van der Waals surface area (Å²) in [4.78, 5) is 17.6. The number of halogens is 2. The van der Waals surface area contributed by atoms with Gasteiger partial charge in [0.15, 0.2) is 0 Å². The predicted octanol–water partition coefficient (Wildman–Crippen LogP) is 3.05. The second kappa shape index (κ2) is 8.19. The molecule has 0 spiro atoms. The van der Waals surface area contributed by atoms with E-state index < -0.39 is 0 Å². The molecule has 1 saturated heterocycles. The molecule has 2 atom stereocenters. The molecule has 2 unspecified atom stereocenters. The summed E-state index contributed by atoms with van der Waals surface area (Å²) in [6.07, 6.45) is 0.895. The van der Waals surface area contributed by atoms with Crippen molar-refractivity contribution in [3.05, 3.63) is 70.0 Å². The summed E-state index contributed by atoms with van der Waals surface area (Å²) in [6.45, 7) is 4.14. The first-order valence-electron chi connectivity index (χ1n) is 9.75. The van der Waals surface area contributed by atoms with Crippen LogP contribution in [0.15, 0.2) is 42.5 Å². The summed E-state index contributed by atoms with van der Waals surface area (Å²) in [5, 5.41) is 3.73. The van der Waals surface area contributed by atoms with Crippen molar-refractivity contribution in [2.45, 2.75) is 24.9 Å². The highest BCUT2D eigenvalue weighted by Crippen LogP contribution is 2.38. The van der Waals surface area contributed by atoms with Crippen molar-refractivity contribution in [2.24, 2.45) is 0 Å². The molecule has 1 aliphatic carbocycles. The maximum absolute atomic E-state index is 13.7. The van der Waals surface area contributed by atoms with Gasteiger partial charge in [-0.25, -0.2) is 4.39 Å². The van der Waals surface area contributed by atoms with Crippen LogP contribution in [0.4, 0.5) is 4.39 Å². The smallest absolute Gasteiger partial charge is 0.231 e. The lowest BCUT2D eigenvalue weighted by atomic mass is 9.95. The van der Waals surface area contributed by atoms with E-state index in [9.17, 15) is 9.18 Å². The molecular weight excluding hydrogens is 377 g/mol. The lowest BCUT2D eigenvalue weighted by molar-refractivity contribution is -0.133. The molecule has 1 amide bonds. The van der Waals surface area contributed by atoms with Crippen molar-refractivity contribution in [3.63, 3.8) is 0 Å². The summed E-state index contributed by atoms with van der Waals surface area (Å²) < 4.78 is 13.7. The molecule has 1 aliphatic heterocycles. The van der Waals surface area contributed by atoms with Gasteiger partial charge in [-0.3, -0.25) is 9.69 Å². The number of hydrogen-bond acceptors (Lipinski definition) is 3. The topological polar surface area (TPSA) is 35.6 Å². The number of piperazine rings is 1. The molecular formula is C22H25ClFN3O. The fourth-order valence-electron chi connectivity index (χ4n) is 4.52. The van der Waals surface area contributed by atoms with E-state index in [1.165, 1.54) is 17.7 Å². The van der Waals surface area contributed by atoms with Gasteiger partial charge in [0.05, 0.1) is 5.92 Å². The van der Waals surface area contributed by atoms with Crippen LogP contribution in [0.3, 0.4) is 0 Å². The first kappa shape index (κ1) is 19.4. The second-order valence-corrected chi connectivity index (χ2v) is 8.14. The standard InChI is InChI=1S/C22H25ClFN3O/c1-26(14-15-10-17(23)13-18(24)11-15)22(28)21-19-5-3-2-4-16(19)12-20(21)27-8-6-25-7-9-27/h2-5,10-11,13,20-21,25H,6-9,12,14H2,1H3. The van der Waals surface area contributed by atoms with Crippen molar-refractivity contribution >= 4 is 17.5 Å². The molecule has 6 heteroatoms. The highest BCUT2D eigenvalue weighted by molar-refractivity contribution is 6.30. The Bertz CT molecular complexity index is 848. The third kappa shape index (κ3) is 3.93. The molecule has 0 radical (unpaired) electrons. The zero-order valence-corrected chi connectivity index (χ0v) is 16.8. The Morgan fingerprint density at radius 1 is 1.25 bits per heavy atom. The fourth-order valence-corrected chi connectivity index (χ4v) is 4.76. The monoisotopic (exact) mass is 401 g/mol. The first-order valence-corrected chi connectivity index (χ1v) is 10.1. The Kier molecular flexibility index (Phi) is 5.67. The van der Waals surface area contributed by atoms with E-state index in [0.717, 1.165) is 38.2 Å². The second-order valence-electron chi connectivity index (χ2n) is 7.71. The molecule has 4 rings (SSSR count). The summed E-state index contributed by atoms with van der Waals surface area (Å²) in [5.41, 5.74) is 3.08. The largest absolute Gasteiger partial charge is 0.341 e. The van der Waals surface area contributed by atoms with Gasteiger partial charge < -0.3 is 10.2 Å². The highest BCUT2D eigenvalue weighted by atomic mass is 35.5. The average molecular weight is 402 g/mol. The summed E-state index contributed by atoms with van der Waals surface area (Å²) >= 11 is 5.98. The van der Waals surface area contributed by atoms with Crippen LogP contribution in [0.1, 0.15) is 22.6 Å². The van der Waals surface area contributed by atoms with Gasteiger partial charge in [0.25, 0.3) is 0 Å². The van der Waals surface area contributed by atoms with Crippen molar-refractivity contribution in [1.29, 1.82) is 0 Å². The van der Waals surface area contributed by atoms with Crippen molar-refractivity contribution in [2.75, 3.05) is 33.2 Å². The van der Waals surface area contributed by atoms with E-state index >= 15 is 0 Å². The summed E-state index contributed by atoms with van der Waals surface area (Å²) in [5.74, 6) is -0.495. The lowest BCUT2D eigenvalue weighted by Crippen LogP contribution is -2.51. The Morgan fingerprint density at radius 2 is 2.00 bits per heavy atom. The van der Waals surface area contributed by atoms with Gasteiger partial charge in [-0.1, -0.05) is 35.9 Å². The summed E-state index contributed by atoms with van der Waals surface area (Å²) in [6, 6.07) is 12.9. The van der Waals surface area contributed by atoms with Crippen molar-refractivity contribution in [3.8, 4) is 0 Å². The van der Waals surface area contributed by atoms with Gasteiger partial charge in [-0.05, 0) is 41.3 Å². The Balaban J connectivity index is 1.58. The zero-order valence-electron chi connectivity index (χ0n) is 16.0. The molecule has 0 aromatic heterocycles. The minimum absolute atomic E-state index is 0.0777. The molecule has 2 aromatic carbocycles.